The maximum atomic E-state index is 9.66. The number of nitrogens with two attached hydrogens (primary N) is 1. The molecule has 3 heteroatoms. The highest BCUT2D eigenvalue weighted by Crippen LogP contribution is 2.41. The van der Waals surface area contributed by atoms with Crippen molar-refractivity contribution in [2.24, 2.45) is 10.9 Å². The molecule has 0 spiro atoms. The van der Waals surface area contributed by atoms with Gasteiger partial charge in [0.2, 0.25) is 0 Å². The van der Waals surface area contributed by atoms with E-state index in [-0.39, 0.29) is 0 Å². The molecule has 0 bridgehead atoms. The standard InChI is InChI=1S/C18H11N3/c19-10-16-12-6-2-1-5-11(12)9-15-17(16)13-7-3-4-8-14(13)18(15)21-20/h1-9H,20H2. The Morgan fingerprint density at radius 3 is 2.38 bits per heavy atom. The third kappa shape index (κ3) is 1.44. The zero-order valence-electron chi connectivity index (χ0n) is 11.2. The van der Waals surface area contributed by atoms with Gasteiger partial charge in [-0.3, -0.25) is 0 Å². The van der Waals surface area contributed by atoms with Gasteiger partial charge in [0.1, 0.15) is 6.07 Å². The van der Waals surface area contributed by atoms with Crippen molar-refractivity contribution in [3.8, 4) is 17.2 Å². The van der Waals surface area contributed by atoms with E-state index in [4.69, 9.17) is 5.84 Å². The number of nitrogens with zero attached hydrogens (tertiary/aromatic N) is 2. The molecule has 3 aromatic rings. The number of hydrogen-bond acceptors (Lipinski definition) is 3. The van der Waals surface area contributed by atoms with Gasteiger partial charge in [-0.1, -0.05) is 48.5 Å². The Morgan fingerprint density at radius 2 is 1.62 bits per heavy atom. The number of nitriles is 1. The van der Waals surface area contributed by atoms with Gasteiger partial charge in [0.15, 0.2) is 0 Å². The summed E-state index contributed by atoms with van der Waals surface area (Å²) in [6.07, 6.45) is 0. The summed E-state index contributed by atoms with van der Waals surface area (Å²) in [7, 11) is 0. The van der Waals surface area contributed by atoms with Crippen LogP contribution in [0.5, 0.6) is 0 Å². The molecule has 0 heterocycles. The Bertz CT molecular complexity index is 962. The Labute approximate surface area is 121 Å². The second-order valence-corrected chi connectivity index (χ2v) is 5.03. The Morgan fingerprint density at radius 1 is 0.905 bits per heavy atom. The molecule has 21 heavy (non-hydrogen) atoms. The highest BCUT2D eigenvalue weighted by molar-refractivity contribution is 6.27. The van der Waals surface area contributed by atoms with E-state index in [0.717, 1.165) is 38.7 Å². The van der Waals surface area contributed by atoms with Crippen LogP contribution < -0.4 is 5.84 Å². The quantitative estimate of drug-likeness (QED) is 0.393. The maximum Gasteiger partial charge on any atom is 0.100 e. The zero-order valence-corrected chi connectivity index (χ0v) is 11.2. The van der Waals surface area contributed by atoms with Crippen molar-refractivity contribution in [2.75, 3.05) is 0 Å². The first-order valence-electron chi connectivity index (χ1n) is 6.69. The van der Waals surface area contributed by atoms with Gasteiger partial charge in [0, 0.05) is 22.1 Å². The Balaban J connectivity index is 2.24. The van der Waals surface area contributed by atoms with Gasteiger partial charge in [-0.25, -0.2) is 0 Å². The average molecular weight is 269 g/mol. The summed E-state index contributed by atoms with van der Waals surface area (Å²) in [6, 6.07) is 20.3. The molecule has 0 saturated carbocycles. The minimum Gasteiger partial charge on any atom is -0.323 e. The smallest absolute Gasteiger partial charge is 0.100 e. The molecular formula is C18H11N3. The lowest BCUT2D eigenvalue weighted by molar-refractivity contribution is 1.25. The van der Waals surface area contributed by atoms with E-state index in [9.17, 15) is 5.26 Å². The van der Waals surface area contributed by atoms with Crippen LogP contribution in [0.15, 0.2) is 59.7 Å². The fourth-order valence-corrected chi connectivity index (χ4v) is 3.12. The maximum absolute atomic E-state index is 9.66. The van der Waals surface area contributed by atoms with Crippen molar-refractivity contribution in [1.82, 2.24) is 0 Å². The van der Waals surface area contributed by atoms with Crippen LogP contribution in [0.1, 0.15) is 16.7 Å². The fraction of sp³-hybridized carbons (Fsp3) is 0. The van der Waals surface area contributed by atoms with E-state index in [0.29, 0.717) is 5.56 Å². The molecule has 0 unspecified atom stereocenters. The van der Waals surface area contributed by atoms with Gasteiger partial charge in [0.05, 0.1) is 11.3 Å². The number of hydrazone groups is 1. The van der Waals surface area contributed by atoms with Gasteiger partial charge in [-0.15, -0.1) is 0 Å². The fourth-order valence-electron chi connectivity index (χ4n) is 3.12. The minimum atomic E-state index is 0.689. The Kier molecular flexibility index (Phi) is 2.33. The molecule has 4 rings (SSSR count). The molecule has 0 atom stereocenters. The largest absolute Gasteiger partial charge is 0.323 e. The van der Waals surface area contributed by atoms with Crippen LogP contribution in [0.25, 0.3) is 21.9 Å². The summed E-state index contributed by atoms with van der Waals surface area (Å²) in [5, 5.41) is 15.6. The van der Waals surface area contributed by atoms with E-state index < -0.39 is 0 Å². The predicted molar refractivity (Wildman–Crippen MR) is 83.9 cm³/mol. The van der Waals surface area contributed by atoms with E-state index in [1.807, 2.05) is 48.5 Å². The van der Waals surface area contributed by atoms with Crippen molar-refractivity contribution in [3.05, 3.63) is 71.3 Å². The minimum absolute atomic E-state index is 0.689. The predicted octanol–water partition coefficient (Wildman–Crippen LogP) is 3.40. The third-order valence-electron chi connectivity index (χ3n) is 4.00. The molecule has 0 aromatic heterocycles. The van der Waals surface area contributed by atoms with Gasteiger partial charge in [-0.2, -0.15) is 10.4 Å². The normalized spacial score (nSPS) is 14.0. The first-order chi connectivity index (χ1) is 10.3. The van der Waals surface area contributed by atoms with Crippen LogP contribution in [-0.4, -0.2) is 5.71 Å². The molecule has 2 N–H and O–H groups in total. The number of benzene rings is 3. The van der Waals surface area contributed by atoms with Crippen LogP contribution >= 0.6 is 0 Å². The lowest BCUT2D eigenvalue weighted by atomic mass is 9.94. The third-order valence-corrected chi connectivity index (χ3v) is 4.00. The Hall–Kier alpha value is -3.12. The van der Waals surface area contributed by atoms with E-state index in [1.165, 1.54) is 0 Å². The van der Waals surface area contributed by atoms with Crippen LogP contribution in [0.2, 0.25) is 0 Å². The van der Waals surface area contributed by atoms with E-state index in [2.05, 4.69) is 17.2 Å². The second-order valence-electron chi connectivity index (χ2n) is 5.03. The molecular weight excluding hydrogens is 258 g/mol. The summed E-state index contributed by atoms with van der Waals surface area (Å²) >= 11 is 0. The summed E-state index contributed by atoms with van der Waals surface area (Å²) in [5.74, 6) is 5.60. The number of fused-ring (bicyclic) bond motifs is 4. The van der Waals surface area contributed by atoms with Gasteiger partial charge in [-0.05, 0) is 17.0 Å². The molecule has 0 fully saturated rings. The van der Waals surface area contributed by atoms with E-state index in [1.54, 1.807) is 0 Å². The molecule has 0 aliphatic heterocycles. The van der Waals surface area contributed by atoms with Crippen molar-refractivity contribution >= 4 is 16.5 Å². The first kappa shape index (κ1) is 11.7. The van der Waals surface area contributed by atoms with E-state index >= 15 is 0 Å². The SMILES string of the molecule is N#Cc1c2c(cc3ccccc13)C(=NN)c1ccccc1-2. The van der Waals surface area contributed by atoms with Crippen molar-refractivity contribution < 1.29 is 0 Å². The molecule has 0 radical (unpaired) electrons. The van der Waals surface area contributed by atoms with Crippen LogP contribution in [0, 0.1) is 11.3 Å². The first-order valence-corrected chi connectivity index (χ1v) is 6.69. The number of hydrogen-bond donors (Lipinski definition) is 1. The molecule has 0 saturated heterocycles. The highest BCUT2D eigenvalue weighted by atomic mass is 15.1. The summed E-state index contributed by atoms with van der Waals surface area (Å²) in [6.45, 7) is 0. The summed E-state index contributed by atoms with van der Waals surface area (Å²) in [5.41, 5.74) is 5.34. The molecule has 0 amide bonds. The van der Waals surface area contributed by atoms with Gasteiger partial charge < -0.3 is 5.84 Å². The monoisotopic (exact) mass is 269 g/mol. The average Bonchev–Trinajstić information content (AvgIpc) is 2.86. The topological polar surface area (TPSA) is 62.2 Å². The number of rotatable bonds is 0. The van der Waals surface area contributed by atoms with Gasteiger partial charge in [0.25, 0.3) is 0 Å². The second kappa shape index (κ2) is 4.19. The molecule has 3 aromatic carbocycles. The zero-order chi connectivity index (χ0) is 14.4. The molecule has 1 aliphatic rings. The molecule has 1 aliphatic carbocycles. The van der Waals surface area contributed by atoms with Crippen molar-refractivity contribution in [2.45, 2.75) is 0 Å². The lowest BCUT2D eigenvalue weighted by Gasteiger charge is -2.07. The van der Waals surface area contributed by atoms with Gasteiger partial charge >= 0.3 is 0 Å². The highest BCUT2D eigenvalue weighted by Gasteiger charge is 2.28. The van der Waals surface area contributed by atoms with Crippen molar-refractivity contribution in [1.29, 1.82) is 5.26 Å². The van der Waals surface area contributed by atoms with Crippen LogP contribution in [0.4, 0.5) is 0 Å². The van der Waals surface area contributed by atoms with Crippen molar-refractivity contribution in [3.63, 3.8) is 0 Å². The summed E-state index contributed by atoms with van der Waals surface area (Å²) < 4.78 is 0. The van der Waals surface area contributed by atoms with Crippen LogP contribution in [0.3, 0.4) is 0 Å². The molecule has 3 nitrogen and oxygen atoms in total. The molecule has 98 valence electrons. The van der Waals surface area contributed by atoms with Crippen LogP contribution in [-0.2, 0) is 0 Å². The summed E-state index contributed by atoms with van der Waals surface area (Å²) in [4.78, 5) is 0. The lowest BCUT2D eigenvalue weighted by Crippen LogP contribution is -2.02.